The number of aliphatic hydroxyl groups is 1. The van der Waals surface area contributed by atoms with Crippen molar-refractivity contribution in [3.05, 3.63) is 112 Å². The first-order valence-corrected chi connectivity index (χ1v) is 21.0. The van der Waals surface area contributed by atoms with Gasteiger partial charge in [0.15, 0.2) is 5.72 Å². The van der Waals surface area contributed by atoms with Gasteiger partial charge >= 0.3 is 18.2 Å². The van der Waals surface area contributed by atoms with Gasteiger partial charge in [-0.25, -0.2) is 14.4 Å². The molecule has 15 heteroatoms. The maximum atomic E-state index is 13.7. The van der Waals surface area contributed by atoms with E-state index in [1.165, 1.54) is 28.1 Å². The van der Waals surface area contributed by atoms with Crippen molar-refractivity contribution in [3.8, 4) is 16.9 Å². The Morgan fingerprint density at radius 2 is 1.73 bits per heavy atom. The SMILES string of the molecule is CNC(=O)CC(OC(=O)[C@H](C)N(C)C(=O)OCC1c2ccccc2-c2ccccc21)C1(C)OC1C(C)C1CC(O)(C(/C=C/C=C(\C)Cc2ccc(Cl)c(OC)c2)OC)NC(=O)O1. The summed E-state index contributed by atoms with van der Waals surface area (Å²) in [5.41, 5.74) is 3.26. The Morgan fingerprint density at radius 1 is 1.06 bits per heavy atom. The third-order valence-corrected chi connectivity index (χ3v) is 12.5. The number of methoxy groups -OCH3 is 2. The van der Waals surface area contributed by atoms with Crippen molar-refractivity contribution in [3.63, 3.8) is 0 Å². The number of hydrogen-bond donors (Lipinski definition) is 3. The first kappa shape index (κ1) is 46.1. The molecule has 14 nitrogen and oxygen atoms in total. The lowest BCUT2D eigenvalue weighted by atomic mass is 9.83. The summed E-state index contributed by atoms with van der Waals surface area (Å²) in [5, 5.41) is 17.4. The van der Waals surface area contributed by atoms with Crippen molar-refractivity contribution < 1.29 is 52.7 Å². The van der Waals surface area contributed by atoms with Crippen LogP contribution in [0.1, 0.15) is 63.1 Å². The Hall–Kier alpha value is -5.41. The fourth-order valence-corrected chi connectivity index (χ4v) is 8.57. The maximum absolute atomic E-state index is 13.7. The molecule has 0 aromatic heterocycles. The zero-order chi connectivity index (χ0) is 44.9. The van der Waals surface area contributed by atoms with Crippen LogP contribution < -0.4 is 15.4 Å². The lowest BCUT2D eigenvalue weighted by Crippen LogP contribution is -2.63. The fraction of sp³-hybridized carbons (Fsp3) is 0.447. The number of amides is 3. The van der Waals surface area contributed by atoms with Crippen molar-refractivity contribution in [2.24, 2.45) is 5.92 Å². The highest BCUT2D eigenvalue weighted by atomic mass is 35.5. The summed E-state index contributed by atoms with van der Waals surface area (Å²) in [6.45, 7) is 7.04. The minimum absolute atomic E-state index is 0.0692. The smallest absolute Gasteiger partial charge is 0.410 e. The highest BCUT2D eigenvalue weighted by Crippen LogP contribution is 2.49. The van der Waals surface area contributed by atoms with E-state index >= 15 is 0 Å². The molecule has 0 radical (unpaired) electrons. The molecule has 0 bridgehead atoms. The predicted molar refractivity (Wildman–Crippen MR) is 232 cm³/mol. The summed E-state index contributed by atoms with van der Waals surface area (Å²) in [6.07, 6.45) is 0.443. The molecular formula is C47H56ClN3O11. The fourth-order valence-electron chi connectivity index (χ4n) is 8.38. The lowest BCUT2D eigenvalue weighted by Gasteiger charge is -2.42. The number of cyclic esters (lactones) is 1. The molecular weight excluding hydrogens is 818 g/mol. The van der Waals surface area contributed by atoms with Gasteiger partial charge in [-0.05, 0) is 67.1 Å². The molecule has 7 unspecified atom stereocenters. The molecule has 0 spiro atoms. The monoisotopic (exact) mass is 873 g/mol. The first-order valence-electron chi connectivity index (χ1n) is 20.6. The van der Waals surface area contributed by atoms with Crippen LogP contribution in [0.25, 0.3) is 11.1 Å². The maximum Gasteiger partial charge on any atom is 0.410 e. The number of alkyl carbamates (subject to hydrolysis) is 1. The van der Waals surface area contributed by atoms with E-state index in [4.69, 9.17) is 40.0 Å². The van der Waals surface area contributed by atoms with Crippen LogP contribution in [0.3, 0.4) is 0 Å². The number of rotatable bonds is 17. The molecule has 2 fully saturated rings. The number of carbonyl (C=O) groups excluding carboxylic acids is 4. The number of benzene rings is 3. The summed E-state index contributed by atoms with van der Waals surface area (Å²) in [6, 6.07) is 20.5. The molecule has 3 aromatic rings. The molecule has 332 valence electrons. The predicted octanol–water partition coefficient (Wildman–Crippen LogP) is 6.71. The van der Waals surface area contributed by atoms with Crippen LogP contribution in [0, 0.1) is 5.92 Å². The Kier molecular flexibility index (Phi) is 14.4. The number of nitrogens with zero attached hydrogens (tertiary/aromatic N) is 1. The summed E-state index contributed by atoms with van der Waals surface area (Å²) in [5.74, 6) is -1.30. The van der Waals surface area contributed by atoms with E-state index in [0.29, 0.717) is 17.2 Å². The number of epoxide rings is 1. The van der Waals surface area contributed by atoms with E-state index < -0.39 is 71.8 Å². The van der Waals surface area contributed by atoms with E-state index in [0.717, 1.165) is 38.3 Å². The van der Waals surface area contributed by atoms with Gasteiger partial charge in [0, 0.05) is 39.5 Å². The van der Waals surface area contributed by atoms with Gasteiger partial charge in [-0.2, -0.15) is 0 Å². The van der Waals surface area contributed by atoms with Crippen molar-refractivity contribution in [1.82, 2.24) is 15.5 Å². The average molecular weight is 874 g/mol. The normalized spacial score (nSPS) is 23.8. The van der Waals surface area contributed by atoms with Crippen LogP contribution in [0.4, 0.5) is 9.59 Å². The number of likely N-dealkylation sites (N-methyl/N-ethyl adjacent to an activating group) is 1. The Bertz CT molecular complexity index is 2170. The number of carbonyl (C=O) groups is 4. The topological polar surface area (TPSA) is 174 Å². The molecule has 3 aromatic carbocycles. The minimum atomic E-state index is -1.86. The van der Waals surface area contributed by atoms with Gasteiger partial charge in [-0.1, -0.05) is 96.9 Å². The van der Waals surface area contributed by atoms with Crippen molar-refractivity contribution in [2.45, 2.75) is 94.7 Å². The quantitative estimate of drug-likeness (QED) is 0.0570. The van der Waals surface area contributed by atoms with Crippen LogP contribution in [-0.4, -0.2) is 111 Å². The standard InChI is InChI=1S/C47H56ClN3O11/c1-27(22-30-20-21-36(48)37(23-30)57-7)14-13-19-39(58-8)47(56)25-38(60-44(54)50-47)28(2)42-46(4,62-42)40(24-41(52)49-5)61-43(53)29(3)51(6)45(55)59-26-35-33-17-11-9-15-31(33)32-16-10-12-18-34(32)35/h9-21,23,28-29,35,38-40,42,56H,22,24-26H2,1-8H3,(H,49,52)(H,50,54)/b19-13+,27-14+/t28?,29-,38?,39?,40?,42?,46?,47?/m0/s1. The molecule has 8 atom stereocenters. The number of ether oxygens (including phenoxy) is 6. The molecule has 3 aliphatic rings. The summed E-state index contributed by atoms with van der Waals surface area (Å²) >= 11 is 6.17. The highest BCUT2D eigenvalue weighted by Gasteiger charge is 2.64. The van der Waals surface area contributed by atoms with Gasteiger partial charge in [0.1, 0.15) is 42.3 Å². The molecule has 3 N–H and O–H groups in total. The lowest BCUT2D eigenvalue weighted by molar-refractivity contribution is -0.158. The zero-order valence-corrected chi connectivity index (χ0v) is 37.1. The van der Waals surface area contributed by atoms with Crippen molar-refractivity contribution >= 4 is 35.7 Å². The van der Waals surface area contributed by atoms with E-state index in [1.54, 1.807) is 39.2 Å². The summed E-state index contributed by atoms with van der Waals surface area (Å²) < 4.78 is 34.6. The van der Waals surface area contributed by atoms with Gasteiger partial charge in [0.05, 0.1) is 24.7 Å². The van der Waals surface area contributed by atoms with Gasteiger partial charge in [0.25, 0.3) is 0 Å². The molecule has 62 heavy (non-hydrogen) atoms. The first-order chi connectivity index (χ1) is 29.5. The summed E-state index contributed by atoms with van der Waals surface area (Å²) in [7, 11) is 5.90. The van der Waals surface area contributed by atoms with E-state index in [-0.39, 0.29) is 25.4 Å². The molecule has 2 saturated heterocycles. The van der Waals surface area contributed by atoms with Crippen molar-refractivity contribution in [2.75, 3.05) is 34.9 Å². The molecule has 2 aliphatic heterocycles. The summed E-state index contributed by atoms with van der Waals surface area (Å²) in [4.78, 5) is 53.9. The molecule has 2 heterocycles. The molecule has 3 amide bonds. The highest BCUT2D eigenvalue weighted by molar-refractivity contribution is 6.32. The van der Waals surface area contributed by atoms with Crippen LogP contribution in [0.2, 0.25) is 5.02 Å². The number of nitrogens with one attached hydrogen (secondary N) is 2. The third-order valence-electron chi connectivity index (χ3n) is 12.2. The Labute approximate surface area is 367 Å². The van der Waals surface area contributed by atoms with E-state index in [2.05, 4.69) is 10.6 Å². The second-order valence-electron chi connectivity index (χ2n) is 16.4. The minimum Gasteiger partial charge on any atom is -0.495 e. The van der Waals surface area contributed by atoms with Crippen LogP contribution in [0.5, 0.6) is 5.75 Å². The second-order valence-corrected chi connectivity index (χ2v) is 16.8. The van der Waals surface area contributed by atoms with Crippen molar-refractivity contribution in [1.29, 1.82) is 0 Å². The van der Waals surface area contributed by atoms with Gasteiger partial charge in [-0.15, -0.1) is 0 Å². The Balaban J connectivity index is 1.08. The van der Waals surface area contributed by atoms with Gasteiger partial charge < -0.3 is 38.8 Å². The van der Waals surface area contributed by atoms with Crippen LogP contribution >= 0.6 is 11.6 Å². The number of esters is 1. The van der Waals surface area contributed by atoms with E-state index in [9.17, 15) is 24.3 Å². The third kappa shape index (κ3) is 9.94. The van der Waals surface area contributed by atoms with Gasteiger partial charge in [0.2, 0.25) is 5.91 Å². The van der Waals surface area contributed by atoms with Crippen LogP contribution in [0.15, 0.2) is 90.5 Å². The Morgan fingerprint density at radius 3 is 2.35 bits per heavy atom. The number of fused-ring (bicyclic) bond motifs is 3. The average Bonchev–Trinajstić information content (AvgIpc) is 3.86. The number of halogens is 1. The van der Waals surface area contributed by atoms with E-state index in [1.807, 2.05) is 73.7 Å². The molecule has 6 rings (SSSR count). The van der Waals surface area contributed by atoms with Crippen LogP contribution in [-0.2, 0) is 39.7 Å². The zero-order valence-electron chi connectivity index (χ0n) is 36.3. The molecule has 0 saturated carbocycles. The number of allylic oxidation sites excluding steroid dienone is 3. The van der Waals surface area contributed by atoms with Gasteiger partial charge in [-0.3, -0.25) is 15.0 Å². The second kappa shape index (κ2) is 19.3. The molecule has 1 aliphatic carbocycles. The largest absolute Gasteiger partial charge is 0.495 e. The number of hydrogen-bond acceptors (Lipinski definition) is 11.